The third kappa shape index (κ3) is 5.60. The molecule has 0 N–H and O–H groups in total. The number of amides is 1. The molecule has 0 bridgehead atoms. The van der Waals surface area contributed by atoms with Gasteiger partial charge < -0.3 is 4.90 Å². The number of piperazine rings is 1. The standard InChI is InChI=1S/C24H25ClN4O2/c25-21-8-6-20(7-9-21)22-10-11-23(30)29(26-22)18-24(31)28-16-14-27(15-17-28)13-12-19-4-2-1-3-5-19/h1-11H,12-18H2. The highest BCUT2D eigenvalue weighted by Crippen LogP contribution is 2.18. The lowest BCUT2D eigenvalue weighted by atomic mass is 10.1. The van der Waals surface area contributed by atoms with Crippen molar-refractivity contribution in [2.75, 3.05) is 32.7 Å². The van der Waals surface area contributed by atoms with Crippen LogP contribution in [0.25, 0.3) is 11.3 Å². The highest BCUT2D eigenvalue weighted by atomic mass is 35.5. The fraction of sp³-hybridized carbons (Fsp3) is 0.292. The first-order valence-electron chi connectivity index (χ1n) is 10.5. The molecule has 0 radical (unpaired) electrons. The number of carbonyl (C=O) groups is 1. The van der Waals surface area contributed by atoms with Gasteiger partial charge in [-0.15, -0.1) is 0 Å². The van der Waals surface area contributed by atoms with E-state index in [2.05, 4.69) is 34.3 Å². The molecule has 0 saturated carbocycles. The summed E-state index contributed by atoms with van der Waals surface area (Å²) in [5.74, 6) is -0.0782. The van der Waals surface area contributed by atoms with Crippen LogP contribution in [0.4, 0.5) is 0 Å². The first kappa shape index (κ1) is 21.3. The SMILES string of the molecule is O=C(Cn1nc(-c2ccc(Cl)cc2)ccc1=O)N1CCN(CCc2ccccc2)CC1. The first-order valence-corrected chi connectivity index (χ1v) is 10.8. The molecule has 1 aromatic heterocycles. The van der Waals surface area contributed by atoms with Crippen molar-refractivity contribution in [2.45, 2.75) is 13.0 Å². The summed E-state index contributed by atoms with van der Waals surface area (Å²) in [6.07, 6.45) is 1.01. The zero-order valence-corrected chi connectivity index (χ0v) is 18.0. The normalized spacial score (nSPS) is 14.5. The molecule has 0 spiro atoms. The van der Waals surface area contributed by atoms with E-state index in [4.69, 9.17) is 11.6 Å². The van der Waals surface area contributed by atoms with Gasteiger partial charge in [0.2, 0.25) is 5.91 Å². The lowest BCUT2D eigenvalue weighted by molar-refractivity contribution is -0.133. The second-order valence-corrected chi connectivity index (χ2v) is 8.12. The quantitative estimate of drug-likeness (QED) is 0.596. The van der Waals surface area contributed by atoms with Crippen LogP contribution in [0.2, 0.25) is 5.02 Å². The van der Waals surface area contributed by atoms with E-state index in [1.165, 1.54) is 16.3 Å². The lowest BCUT2D eigenvalue weighted by Gasteiger charge is -2.34. The van der Waals surface area contributed by atoms with E-state index in [0.717, 1.165) is 31.6 Å². The van der Waals surface area contributed by atoms with E-state index < -0.39 is 0 Å². The molecule has 160 valence electrons. The van der Waals surface area contributed by atoms with Crippen molar-refractivity contribution in [3.05, 3.63) is 87.7 Å². The van der Waals surface area contributed by atoms with E-state index in [-0.39, 0.29) is 18.0 Å². The van der Waals surface area contributed by atoms with Gasteiger partial charge in [0.25, 0.3) is 5.56 Å². The average molecular weight is 437 g/mol. The lowest BCUT2D eigenvalue weighted by Crippen LogP contribution is -2.50. The van der Waals surface area contributed by atoms with Crippen molar-refractivity contribution in [3.63, 3.8) is 0 Å². The van der Waals surface area contributed by atoms with Crippen LogP contribution in [-0.2, 0) is 17.8 Å². The Morgan fingerprint density at radius 1 is 0.903 bits per heavy atom. The van der Waals surface area contributed by atoms with E-state index in [1.807, 2.05) is 23.1 Å². The molecule has 3 aromatic rings. The number of nitrogens with zero attached hydrogens (tertiary/aromatic N) is 4. The fourth-order valence-electron chi connectivity index (χ4n) is 3.72. The Labute approximate surface area is 186 Å². The van der Waals surface area contributed by atoms with Crippen LogP contribution in [0, 0.1) is 0 Å². The second kappa shape index (κ2) is 9.90. The molecule has 1 saturated heterocycles. The summed E-state index contributed by atoms with van der Waals surface area (Å²) in [6, 6.07) is 20.8. The molecule has 6 nitrogen and oxygen atoms in total. The molecular weight excluding hydrogens is 412 g/mol. The summed E-state index contributed by atoms with van der Waals surface area (Å²) in [6.45, 7) is 3.94. The van der Waals surface area contributed by atoms with Gasteiger partial charge in [-0.1, -0.05) is 54.1 Å². The minimum atomic E-state index is -0.285. The van der Waals surface area contributed by atoms with Crippen LogP contribution in [-0.4, -0.2) is 58.2 Å². The van der Waals surface area contributed by atoms with Crippen LogP contribution in [0.5, 0.6) is 0 Å². The van der Waals surface area contributed by atoms with Crippen molar-refractivity contribution < 1.29 is 4.79 Å². The fourth-order valence-corrected chi connectivity index (χ4v) is 3.84. The van der Waals surface area contributed by atoms with Gasteiger partial charge in [-0.25, -0.2) is 4.68 Å². The number of rotatable bonds is 6. The van der Waals surface area contributed by atoms with Gasteiger partial charge in [0.05, 0.1) is 5.69 Å². The van der Waals surface area contributed by atoms with Crippen molar-refractivity contribution in [3.8, 4) is 11.3 Å². The summed E-state index contributed by atoms with van der Waals surface area (Å²) in [4.78, 5) is 29.2. The Bertz CT molecular complexity index is 1070. The van der Waals surface area contributed by atoms with Crippen molar-refractivity contribution >= 4 is 17.5 Å². The predicted octanol–water partition coefficient (Wildman–Crippen LogP) is 2.95. The van der Waals surface area contributed by atoms with Gasteiger partial charge in [0.15, 0.2) is 0 Å². The number of hydrogen-bond acceptors (Lipinski definition) is 4. The molecule has 7 heteroatoms. The monoisotopic (exact) mass is 436 g/mol. The Morgan fingerprint density at radius 2 is 1.61 bits per heavy atom. The predicted molar refractivity (Wildman–Crippen MR) is 122 cm³/mol. The summed E-state index contributed by atoms with van der Waals surface area (Å²) in [5, 5.41) is 5.02. The molecule has 1 fully saturated rings. The number of aromatic nitrogens is 2. The van der Waals surface area contributed by atoms with Gasteiger partial charge in [0.1, 0.15) is 6.54 Å². The highest BCUT2D eigenvalue weighted by Gasteiger charge is 2.21. The molecule has 1 aliphatic rings. The summed E-state index contributed by atoms with van der Waals surface area (Å²) in [5.41, 5.74) is 2.52. The highest BCUT2D eigenvalue weighted by molar-refractivity contribution is 6.30. The summed E-state index contributed by atoms with van der Waals surface area (Å²) in [7, 11) is 0. The molecule has 31 heavy (non-hydrogen) atoms. The van der Waals surface area contributed by atoms with E-state index in [0.29, 0.717) is 23.8 Å². The molecule has 4 rings (SSSR count). The Hall–Kier alpha value is -2.96. The first-order chi connectivity index (χ1) is 15.1. The number of halogens is 1. The van der Waals surface area contributed by atoms with Crippen LogP contribution in [0.15, 0.2) is 71.5 Å². The van der Waals surface area contributed by atoms with E-state index in [1.54, 1.807) is 18.2 Å². The van der Waals surface area contributed by atoms with Crippen LogP contribution >= 0.6 is 11.6 Å². The summed E-state index contributed by atoms with van der Waals surface area (Å²) < 4.78 is 1.24. The third-order valence-electron chi connectivity index (χ3n) is 5.58. The molecule has 1 aliphatic heterocycles. The molecule has 0 aliphatic carbocycles. The van der Waals surface area contributed by atoms with Crippen molar-refractivity contribution in [1.29, 1.82) is 0 Å². The smallest absolute Gasteiger partial charge is 0.267 e. The molecule has 2 heterocycles. The van der Waals surface area contributed by atoms with E-state index >= 15 is 0 Å². The van der Waals surface area contributed by atoms with Crippen molar-refractivity contribution in [2.24, 2.45) is 0 Å². The summed E-state index contributed by atoms with van der Waals surface area (Å²) >= 11 is 5.94. The molecular formula is C24H25ClN4O2. The third-order valence-corrected chi connectivity index (χ3v) is 5.83. The molecule has 1 amide bonds. The van der Waals surface area contributed by atoms with Crippen LogP contribution in [0.3, 0.4) is 0 Å². The minimum Gasteiger partial charge on any atom is -0.339 e. The van der Waals surface area contributed by atoms with Crippen LogP contribution < -0.4 is 5.56 Å². The maximum Gasteiger partial charge on any atom is 0.267 e. The van der Waals surface area contributed by atoms with Crippen molar-refractivity contribution in [1.82, 2.24) is 19.6 Å². The zero-order valence-electron chi connectivity index (χ0n) is 17.3. The van der Waals surface area contributed by atoms with E-state index in [9.17, 15) is 9.59 Å². The van der Waals surface area contributed by atoms with Gasteiger partial charge in [0, 0.05) is 49.4 Å². The Balaban J connectivity index is 1.33. The number of carbonyl (C=O) groups excluding carboxylic acids is 1. The zero-order chi connectivity index (χ0) is 21.6. The molecule has 2 aromatic carbocycles. The largest absolute Gasteiger partial charge is 0.339 e. The Morgan fingerprint density at radius 3 is 2.32 bits per heavy atom. The van der Waals surface area contributed by atoms with Crippen LogP contribution in [0.1, 0.15) is 5.56 Å². The maximum absolute atomic E-state index is 12.8. The van der Waals surface area contributed by atoms with Gasteiger partial charge in [-0.05, 0) is 30.2 Å². The van der Waals surface area contributed by atoms with Gasteiger partial charge >= 0.3 is 0 Å². The second-order valence-electron chi connectivity index (χ2n) is 7.68. The number of benzene rings is 2. The van der Waals surface area contributed by atoms with Gasteiger partial charge in [-0.3, -0.25) is 14.5 Å². The average Bonchev–Trinajstić information content (AvgIpc) is 2.81. The maximum atomic E-state index is 12.8. The molecule has 0 atom stereocenters. The molecule has 0 unspecified atom stereocenters. The van der Waals surface area contributed by atoms with Gasteiger partial charge in [-0.2, -0.15) is 5.10 Å². The topological polar surface area (TPSA) is 58.4 Å². The minimum absolute atomic E-state index is 0.0513. The Kier molecular flexibility index (Phi) is 6.79. The number of hydrogen-bond donors (Lipinski definition) is 0.